The minimum Gasteiger partial charge on any atom is -0.465 e. The fourth-order valence-electron chi connectivity index (χ4n) is 4.60. The zero-order chi connectivity index (χ0) is 23.5. The summed E-state index contributed by atoms with van der Waals surface area (Å²) in [4.78, 5) is 18.8. The maximum Gasteiger partial charge on any atom is 0.337 e. The zero-order valence-corrected chi connectivity index (χ0v) is 19.8. The van der Waals surface area contributed by atoms with Gasteiger partial charge in [0.25, 0.3) is 0 Å². The van der Waals surface area contributed by atoms with Crippen molar-refractivity contribution in [1.82, 2.24) is 19.8 Å². The molecule has 0 spiro atoms. The second-order valence-corrected chi connectivity index (χ2v) is 8.49. The Bertz CT molecular complexity index is 1160. The Morgan fingerprint density at radius 3 is 2.73 bits per heavy atom. The van der Waals surface area contributed by atoms with Gasteiger partial charge < -0.3 is 24.6 Å². The summed E-state index contributed by atoms with van der Waals surface area (Å²) in [6.07, 6.45) is 2.41. The van der Waals surface area contributed by atoms with E-state index in [0.717, 1.165) is 28.3 Å². The van der Waals surface area contributed by atoms with Crippen LogP contribution in [0.15, 0.2) is 54.7 Å². The number of carbonyl (C=O) groups excluding carboxylic acids is 1. The number of aliphatic hydroxyl groups excluding tert-OH is 1. The first-order valence-electron chi connectivity index (χ1n) is 10.9. The molecule has 3 aromatic rings. The second-order valence-electron chi connectivity index (χ2n) is 8.10. The molecule has 1 saturated heterocycles. The molecule has 1 aliphatic rings. The number of benzene rings is 1. The standard InChI is InChI=1S/C25H28N4O3S/c1-16-14-20(17(2)29(16)19-9-6-8-18(15-19)24(31)32-3)23-22(21-10-4-5-11-26-21)27-25(33)28(23)12-7-13-30/h4-6,8-11,14-15,22-23,30H,7,12-13H2,1-3H3,(H,27,33)/t22-,23-/m0/s1. The van der Waals surface area contributed by atoms with E-state index in [9.17, 15) is 9.90 Å². The van der Waals surface area contributed by atoms with Gasteiger partial charge in [0.1, 0.15) is 0 Å². The van der Waals surface area contributed by atoms with Gasteiger partial charge in [0, 0.05) is 36.4 Å². The highest BCUT2D eigenvalue weighted by atomic mass is 32.1. The number of esters is 1. The molecule has 2 aromatic heterocycles. The van der Waals surface area contributed by atoms with Crippen LogP contribution in [0.4, 0.5) is 0 Å². The van der Waals surface area contributed by atoms with Crippen LogP contribution in [0.5, 0.6) is 0 Å². The van der Waals surface area contributed by atoms with E-state index >= 15 is 0 Å². The molecule has 33 heavy (non-hydrogen) atoms. The number of nitrogens with one attached hydrogen (secondary N) is 1. The number of aromatic nitrogens is 2. The van der Waals surface area contributed by atoms with Gasteiger partial charge in [-0.3, -0.25) is 4.98 Å². The monoisotopic (exact) mass is 464 g/mol. The number of aliphatic hydroxyl groups is 1. The smallest absolute Gasteiger partial charge is 0.337 e. The number of carbonyl (C=O) groups is 1. The minimum absolute atomic E-state index is 0.0808. The summed E-state index contributed by atoms with van der Waals surface area (Å²) in [7, 11) is 1.38. The highest BCUT2D eigenvalue weighted by Crippen LogP contribution is 2.41. The van der Waals surface area contributed by atoms with Gasteiger partial charge >= 0.3 is 5.97 Å². The fourth-order valence-corrected chi connectivity index (χ4v) is 4.93. The number of hydrogen-bond acceptors (Lipinski definition) is 5. The van der Waals surface area contributed by atoms with Crippen LogP contribution in [0, 0.1) is 13.8 Å². The lowest BCUT2D eigenvalue weighted by Gasteiger charge is -2.28. The Morgan fingerprint density at radius 1 is 1.21 bits per heavy atom. The van der Waals surface area contributed by atoms with E-state index < -0.39 is 0 Å². The van der Waals surface area contributed by atoms with Crippen molar-refractivity contribution in [2.45, 2.75) is 32.4 Å². The maximum atomic E-state index is 12.1. The van der Waals surface area contributed by atoms with Gasteiger partial charge in [-0.1, -0.05) is 12.1 Å². The number of rotatable bonds is 7. The molecule has 0 aliphatic carbocycles. The van der Waals surface area contributed by atoms with Gasteiger partial charge in [0.05, 0.1) is 30.5 Å². The van der Waals surface area contributed by atoms with Gasteiger partial charge in [0.15, 0.2) is 5.11 Å². The van der Waals surface area contributed by atoms with E-state index in [2.05, 4.69) is 39.7 Å². The quantitative estimate of drug-likeness (QED) is 0.408. The summed E-state index contributed by atoms with van der Waals surface area (Å²) in [5.41, 5.74) is 5.53. The topological polar surface area (TPSA) is 79.6 Å². The molecular weight excluding hydrogens is 436 g/mol. The zero-order valence-electron chi connectivity index (χ0n) is 19.0. The Labute approximate surface area is 199 Å². The molecule has 172 valence electrons. The summed E-state index contributed by atoms with van der Waals surface area (Å²) in [6.45, 7) is 4.86. The van der Waals surface area contributed by atoms with Gasteiger partial charge in [0.2, 0.25) is 0 Å². The van der Waals surface area contributed by atoms with E-state index in [1.165, 1.54) is 7.11 Å². The third kappa shape index (κ3) is 4.36. The molecule has 8 heteroatoms. The van der Waals surface area contributed by atoms with Crippen LogP contribution in [-0.2, 0) is 4.74 Å². The van der Waals surface area contributed by atoms with Crippen molar-refractivity contribution in [3.8, 4) is 5.69 Å². The highest BCUT2D eigenvalue weighted by Gasteiger charge is 2.41. The van der Waals surface area contributed by atoms with Crippen molar-refractivity contribution < 1.29 is 14.6 Å². The van der Waals surface area contributed by atoms with E-state index in [1.807, 2.05) is 36.4 Å². The summed E-state index contributed by atoms with van der Waals surface area (Å²) in [6, 6.07) is 15.3. The third-order valence-electron chi connectivity index (χ3n) is 6.07. The third-order valence-corrected chi connectivity index (χ3v) is 6.42. The second kappa shape index (κ2) is 9.72. The molecule has 1 aromatic carbocycles. The van der Waals surface area contributed by atoms with Crippen molar-refractivity contribution >= 4 is 23.3 Å². The van der Waals surface area contributed by atoms with Crippen LogP contribution < -0.4 is 5.32 Å². The molecule has 7 nitrogen and oxygen atoms in total. The van der Waals surface area contributed by atoms with Crippen molar-refractivity contribution in [1.29, 1.82) is 0 Å². The lowest BCUT2D eigenvalue weighted by molar-refractivity contribution is 0.0600. The Balaban J connectivity index is 1.81. The number of aryl methyl sites for hydroxylation is 1. The molecule has 0 saturated carbocycles. The van der Waals surface area contributed by atoms with Crippen LogP contribution in [0.2, 0.25) is 0 Å². The summed E-state index contributed by atoms with van der Waals surface area (Å²) in [5, 5.41) is 13.6. The Morgan fingerprint density at radius 2 is 2.03 bits per heavy atom. The largest absolute Gasteiger partial charge is 0.465 e. The van der Waals surface area contributed by atoms with Crippen LogP contribution in [-0.4, -0.2) is 50.9 Å². The SMILES string of the molecule is COC(=O)c1cccc(-n2c(C)cc([C@H]3[C@H](c4ccccn4)NC(=S)N3CCCO)c2C)c1. The Hall–Kier alpha value is -3.23. The predicted molar refractivity (Wildman–Crippen MR) is 130 cm³/mol. The fraction of sp³-hybridized carbons (Fsp3) is 0.320. The first kappa shape index (κ1) is 22.9. The van der Waals surface area contributed by atoms with E-state index in [-0.39, 0.29) is 24.7 Å². The van der Waals surface area contributed by atoms with Crippen molar-refractivity contribution in [3.63, 3.8) is 0 Å². The predicted octanol–water partition coefficient (Wildman–Crippen LogP) is 3.63. The molecular formula is C25H28N4O3S. The molecule has 0 amide bonds. The average Bonchev–Trinajstić information content (AvgIpc) is 3.32. The number of thiocarbonyl (C=S) groups is 1. The van der Waals surface area contributed by atoms with Crippen molar-refractivity contribution in [3.05, 3.63) is 82.9 Å². The lowest BCUT2D eigenvalue weighted by Crippen LogP contribution is -2.31. The lowest BCUT2D eigenvalue weighted by atomic mass is 9.96. The van der Waals surface area contributed by atoms with Crippen LogP contribution in [0.3, 0.4) is 0 Å². The summed E-state index contributed by atoms with van der Waals surface area (Å²) in [5.74, 6) is -0.365. The van der Waals surface area contributed by atoms with E-state index in [4.69, 9.17) is 17.0 Å². The normalized spacial score (nSPS) is 17.8. The molecule has 3 heterocycles. The summed E-state index contributed by atoms with van der Waals surface area (Å²) >= 11 is 5.69. The van der Waals surface area contributed by atoms with E-state index in [0.29, 0.717) is 23.6 Å². The van der Waals surface area contributed by atoms with Crippen LogP contribution in [0.25, 0.3) is 5.69 Å². The van der Waals surface area contributed by atoms with Crippen molar-refractivity contribution in [2.24, 2.45) is 0 Å². The maximum absolute atomic E-state index is 12.1. The van der Waals surface area contributed by atoms with E-state index in [1.54, 1.807) is 12.3 Å². The number of methoxy groups -OCH3 is 1. The van der Waals surface area contributed by atoms with Gasteiger partial charge in [-0.25, -0.2) is 4.79 Å². The molecule has 0 unspecified atom stereocenters. The number of pyridine rings is 1. The molecule has 1 fully saturated rings. The first-order chi connectivity index (χ1) is 16.0. The molecule has 2 atom stereocenters. The molecule has 4 rings (SSSR count). The number of nitrogens with zero attached hydrogens (tertiary/aromatic N) is 3. The van der Waals surface area contributed by atoms with Gasteiger partial charge in [-0.2, -0.15) is 0 Å². The molecule has 2 N–H and O–H groups in total. The minimum atomic E-state index is -0.365. The molecule has 0 radical (unpaired) electrons. The molecule has 1 aliphatic heterocycles. The first-order valence-corrected chi connectivity index (χ1v) is 11.3. The Kier molecular flexibility index (Phi) is 6.76. The van der Waals surface area contributed by atoms with Crippen LogP contribution >= 0.6 is 12.2 Å². The number of hydrogen-bond donors (Lipinski definition) is 2. The van der Waals surface area contributed by atoms with Crippen molar-refractivity contribution in [2.75, 3.05) is 20.3 Å². The van der Waals surface area contributed by atoms with Gasteiger partial charge in [-0.05, 0) is 74.4 Å². The van der Waals surface area contributed by atoms with Gasteiger partial charge in [-0.15, -0.1) is 0 Å². The van der Waals surface area contributed by atoms with Crippen LogP contribution in [0.1, 0.15) is 51.5 Å². The molecule has 0 bridgehead atoms. The number of ether oxygens (including phenoxy) is 1. The summed E-state index contributed by atoms with van der Waals surface area (Å²) < 4.78 is 7.04. The highest BCUT2D eigenvalue weighted by molar-refractivity contribution is 7.80. The average molecular weight is 465 g/mol.